The third-order valence-corrected chi connectivity index (χ3v) is 3.53. The Bertz CT molecular complexity index is 437. The van der Waals surface area contributed by atoms with E-state index in [-0.39, 0.29) is 17.9 Å². The molecule has 0 unspecified atom stereocenters. The molecule has 1 aliphatic carbocycles. The van der Waals surface area contributed by atoms with Gasteiger partial charge >= 0.3 is 0 Å². The molecule has 0 spiro atoms. The van der Waals surface area contributed by atoms with Gasteiger partial charge in [-0.2, -0.15) is 0 Å². The minimum atomic E-state index is 0.105. The normalized spacial score (nSPS) is 20.0. The molecule has 0 aromatic carbocycles. The molecule has 1 aromatic rings. The molecule has 1 amide bonds. The first kappa shape index (κ1) is 12.4. The lowest BCUT2D eigenvalue weighted by Gasteiger charge is -2.23. The lowest BCUT2D eigenvalue weighted by molar-refractivity contribution is -0.117. The van der Waals surface area contributed by atoms with Crippen LogP contribution in [0.25, 0.3) is 0 Å². The minimum Gasteiger partial charge on any atom is -0.474 e. The predicted molar refractivity (Wildman–Crippen MR) is 72.1 cm³/mol. The van der Waals surface area contributed by atoms with Crippen LogP contribution in [0.1, 0.15) is 25.7 Å². The molecule has 2 N–H and O–H groups in total. The van der Waals surface area contributed by atoms with Gasteiger partial charge in [-0.25, -0.2) is 4.98 Å². The van der Waals surface area contributed by atoms with Gasteiger partial charge in [0.1, 0.15) is 6.10 Å². The summed E-state index contributed by atoms with van der Waals surface area (Å²) in [6.45, 7) is 2.00. The van der Waals surface area contributed by atoms with Crippen molar-refractivity contribution in [2.75, 3.05) is 18.4 Å². The first-order chi connectivity index (χ1) is 9.31. The van der Waals surface area contributed by atoms with Crippen LogP contribution in [0, 0.1) is 5.92 Å². The fourth-order valence-electron chi connectivity index (χ4n) is 2.20. The van der Waals surface area contributed by atoms with E-state index in [9.17, 15) is 4.79 Å². The van der Waals surface area contributed by atoms with E-state index >= 15 is 0 Å². The van der Waals surface area contributed by atoms with Crippen LogP contribution in [0.5, 0.6) is 5.88 Å². The van der Waals surface area contributed by atoms with E-state index in [2.05, 4.69) is 15.6 Å². The van der Waals surface area contributed by atoms with Gasteiger partial charge in [-0.05, 0) is 44.8 Å². The van der Waals surface area contributed by atoms with Crippen LogP contribution in [0.15, 0.2) is 18.3 Å². The summed E-state index contributed by atoms with van der Waals surface area (Å²) in [6.07, 6.45) is 5.97. The Morgan fingerprint density at radius 1 is 1.26 bits per heavy atom. The number of amides is 1. The van der Waals surface area contributed by atoms with Crippen molar-refractivity contribution in [1.29, 1.82) is 0 Å². The molecule has 1 aromatic heterocycles. The summed E-state index contributed by atoms with van der Waals surface area (Å²) in [6, 6.07) is 3.67. The summed E-state index contributed by atoms with van der Waals surface area (Å²) in [5.74, 6) is 0.954. The number of carbonyl (C=O) groups is 1. The molecule has 0 radical (unpaired) electrons. The molecule has 102 valence electrons. The van der Waals surface area contributed by atoms with Crippen molar-refractivity contribution in [1.82, 2.24) is 10.3 Å². The minimum absolute atomic E-state index is 0.105. The molecule has 2 fully saturated rings. The lowest BCUT2D eigenvalue weighted by Crippen LogP contribution is -2.34. The Kier molecular flexibility index (Phi) is 3.64. The van der Waals surface area contributed by atoms with Gasteiger partial charge in [-0.3, -0.25) is 4.79 Å². The molecule has 2 aliphatic rings. The van der Waals surface area contributed by atoms with Gasteiger partial charge in [-0.15, -0.1) is 0 Å². The molecule has 5 nitrogen and oxygen atoms in total. The number of hydrogen-bond donors (Lipinski definition) is 2. The number of piperidine rings is 1. The van der Waals surface area contributed by atoms with E-state index in [0.29, 0.717) is 5.88 Å². The number of nitrogens with one attached hydrogen (secondary N) is 2. The summed E-state index contributed by atoms with van der Waals surface area (Å²) >= 11 is 0. The second kappa shape index (κ2) is 5.57. The fourth-order valence-corrected chi connectivity index (χ4v) is 2.20. The zero-order chi connectivity index (χ0) is 13.1. The third kappa shape index (κ3) is 3.44. The summed E-state index contributed by atoms with van der Waals surface area (Å²) in [7, 11) is 0. The zero-order valence-electron chi connectivity index (χ0n) is 10.9. The van der Waals surface area contributed by atoms with Gasteiger partial charge in [-0.1, -0.05) is 0 Å². The molecular formula is C14H19N3O2. The van der Waals surface area contributed by atoms with Crippen molar-refractivity contribution in [2.24, 2.45) is 5.92 Å². The highest BCUT2D eigenvalue weighted by atomic mass is 16.5. The van der Waals surface area contributed by atoms with E-state index < -0.39 is 0 Å². The second-order valence-electron chi connectivity index (χ2n) is 5.22. The average Bonchev–Trinajstić information content (AvgIpc) is 3.27. The molecule has 1 saturated carbocycles. The molecule has 1 saturated heterocycles. The molecule has 2 heterocycles. The molecule has 0 bridgehead atoms. The van der Waals surface area contributed by atoms with E-state index in [1.165, 1.54) is 0 Å². The summed E-state index contributed by atoms with van der Waals surface area (Å²) in [5.41, 5.74) is 0.745. The van der Waals surface area contributed by atoms with Crippen LogP contribution in [0.4, 0.5) is 5.69 Å². The van der Waals surface area contributed by atoms with Crippen LogP contribution in [-0.4, -0.2) is 30.1 Å². The SMILES string of the molecule is O=C(Nc1ccc(OC2CCNCC2)nc1)C1CC1. The quantitative estimate of drug-likeness (QED) is 0.863. The summed E-state index contributed by atoms with van der Waals surface area (Å²) in [5, 5.41) is 6.17. The monoisotopic (exact) mass is 261 g/mol. The van der Waals surface area contributed by atoms with Gasteiger partial charge in [0.05, 0.1) is 11.9 Å². The van der Waals surface area contributed by atoms with Crippen LogP contribution < -0.4 is 15.4 Å². The molecule has 1 aliphatic heterocycles. The van der Waals surface area contributed by atoms with Crippen molar-refractivity contribution in [2.45, 2.75) is 31.8 Å². The molecule has 3 rings (SSSR count). The molecule has 0 atom stereocenters. The van der Waals surface area contributed by atoms with E-state index in [1.54, 1.807) is 6.20 Å². The Hall–Kier alpha value is -1.62. The van der Waals surface area contributed by atoms with Crippen LogP contribution in [0.3, 0.4) is 0 Å². The van der Waals surface area contributed by atoms with Crippen molar-refractivity contribution >= 4 is 11.6 Å². The topological polar surface area (TPSA) is 63.2 Å². The number of hydrogen-bond acceptors (Lipinski definition) is 4. The maximum Gasteiger partial charge on any atom is 0.227 e. The first-order valence-electron chi connectivity index (χ1n) is 6.95. The average molecular weight is 261 g/mol. The number of pyridine rings is 1. The lowest BCUT2D eigenvalue weighted by atomic mass is 10.1. The number of rotatable bonds is 4. The maximum absolute atomic E-state index is 11.6. The number of nitrogens with zero attached hydrogens (tertiary/aromatic N) is 1. The molecule has 5 heteroatoms. The highest BCUT2D eigenvalue weighted by Gasteiger charge is 2.29. The van der Waals surface area contributed by atoms with Crippen molar-refractivity contribution in [3.05, 3.63) is 18.3 Å². The maximum atomic E-state index is 11.6. The van der Waals surface area contributed by atoms with Crippen LogP contribution in [0.2, 0.25) is 0 Å². The van der Waals surface area contributed by atoms with Crippen molar-refractivity contribution < 1.29 is 9.53 Å². The van der Waals surface area contributed by atoms with E-state index in [1.807, 2.05) is 12.1 Å². The van der Waals surface area contributed by atoms with Crippen LogP contribution in [-0.2, 0) is 4.79 Å². The number of ether oxygens (including phenoxy) is 1. The summed E-state index contributed by atoms with van der Waals surface area (Å²) in [4.78, 5) is 15.8. The fraction of sp³-hybridized carbons (Fsp3) is 0.571. The van der Waals surface area contributed by atoms with Crippen LogP contribution >= 0.6 is 0 Å². The van der Waals surface area contributed by atoms with Crippen molar-refractivity contribution in [3.63, 3.8) is 0 Å². The largest absolute Gasteiger partial charge is 0.474 e. The van der Waals surface area contributed by atoms with Gasteiger partial charge in [0.2, 0.25) is 11.8 Å². The third-order valence-electron chi connectivity index (χ3n) is 3.53. The highest BCUT2D eigenvalue weighted by molar-refractivity contribution is 5.93. The zero-order valence-corrected chi connectivity index (χ0v) is 10.9. The smallest absolute Gasteiger partial charge is 0.227 e. The van der Waals surface area contributed by atoms with Gasteiger partial charge < -0.3 is 15.4 Å². The standard InChI is InChI=1S/C14H19N3O2/c18-14(10-1-2-10)17-11-3-4-13(16-9-11)19-12-5-7-15-8-6-12/h3-4,9-10,12,15H,1-2,5-8H2,(H,17,18). The van der Waals surface area contributed by atoms with E-state index in [0.717, 1.165) is 44.5 Å². The Labute approximate surface area is 112 Å². The number of carbonyl (C=O) groups excluding carboxylic acids is 1. The van der Waals surface area contributed by atoms with Crippen molar-refractivity contribution in [3.8, 4) is 5.88 Å². The Balaban J connectivity index is 1.54. The first-order valence-corrected chi connectivity index (χ1v) is 6.95. The van der Waals surface area contributed by atoms with Gasteiger partial charge in [0.25, 0.3) is 0 Å². The van der Waals surface area contributed by atoms with Gasteiger partial charge in [0, 0.05) is 12.0 Å². The van der Waals surface area contributed by atoms with E-state index in [4.69, 9.17) is 4.74 Å². The predicted octanol–water partition coefficient (Wildman–Crippen LogP) is 1.56. The van der Waals surface area contributed by atoms with Gasteiger partial charge in [0.15, 0.2) is 0 Å². The molecular weight excluding hydrogens is 242 g/mol. The Morgan fingerprint density at radius 3 is 2.68 bits per heavy atom. The number of aromatic nitrogens is 1. The highest BCUT2D eigenvalue weighted by Crippen LogP contribution is 2.30. The second-order valence-corrected chi connectivity index (χ2v) is 5.22. The Morgan fingerprint density at radius 2 is 2.05 bits per heavy atom. The summed E-state index contributed by atoms with van der Waals surface area (Å²) < 4.78 is 5.81. The molecule has 19 heavy (non-hydrogen) atoms. The number of anilines is 1.